The van der Waals surface area contributed by atoms with E-state index in [0.717, 1.165) is 12.2 Å². The van der Waals surface area contributed by atoms with E-state index in [2.05, 4.69) is 22.3 Å². The Bertz CT molecular complexity index is 531. The van der Waals surface area contributed by atoms with Crippen molar-refractivity contribution < 1.29 is 19.1 Å². The van der Waals surface area contributed by atoms with Gasteiger partial charge in [-0.15, -0.1) is 0 Å². The fraction of sp³-hybridized carbons (Fsp3) is 0.600. The first-order valence-corrected chi connectivity index (χ1v) is 9.46. The average molecular weight is 364 g/mol. The number of esters is 1. The Hall–Kier alpha value is -2.24. The van der Waals surface area contributed by atoms with E-state index in [1.807, 2.05) is 19.1 Å². The first kappa shape index (κ1) is 21.8. The molecule has 0 spiro atoms. The summed E-state index contributed by atoms with van der Waals surface area (Å²) in [5, 5.41) is 5.53. The number of rotatable bonds is 12. The smallest absolute Gasteiger partial charge is 0.319 e. The lowest BCUT2D eigenvalue weighted by Gasteiger charge is -2.16. The van der Waals surface area contributed by atoms with Gasteiger partial charge in [-0.1, -0.05) is 39.5 Å². The van der Waals surface area contributed by atoms with Crippen LogP contribution >= 0.6 is 0 Å². The van der Waals surface area contributed by atoms with Crippen molar-refractivity contribution in [2.45, 2.75) is 64.8 Å². The molecule has 1 unspecified atom stereocenters. The third-order valence-corrected chi connectivity index (χ3v) is 4.10. The van der Waals surface area contributed by atoms with Gasteiger partial charge in [-0.05, 0) is 37.1 Å². The number of hydrogen-bond acceptors (Lipinski definition) is 4. The Morgan fingerprint density at radius 2 is 1.73 bits per heavy atom. The third-order valence-electron chi connectivity index (χ3n) is 4.10. The van der Waals surface area contributed by atoms with E-state index in [0.29, 0.717) is 18.7 Å². The van der Waals surface area contributed by atoms with Crippen LogP contribution in [0.25, 0.3) is 0 Å². The van der Waals surface area contributed by atoms with Crippen molar-refractivity contribution in [2.75, 3.05) is 19.0 Å². The van der Waals surface area contributed by atoms with Crippen LogP contribution in [0.4, 0.5) is 10.5 Å². The number of carbonyl (C=O) groups excluding carboxylic acids is 2. The number of hydrogen-bond donors (Lipinski definition) is 2. The summed E-state index contributed by atoms with van der Waals surface area (Å²) in [6.45, 7) is 4.82. The van der Waals surface area contributed by atoms with Crippen LogP contribution in [0.5, 0.6) is 5.75 Å². The normalized spacial score (nSPS) is 11.5. The summed E-state index contributed by atoms with van der Waals surface area (Å²) in [6, 6.07) is 6.68. The van der Waals surface area contributed by atoms with Gasteiger partial charge in [0.05, 0.1) is 20.1 Å². The molecule has 0 aliphatic heterocycles. The largest absolute Gasteiger partial charge is 0.494 e. The van der Waals surface area contributed by atoms with E-state index in [4.69, 9.17) is 4.74 Å². The fourth-order valence-corrected chi connectivity index (χ4v) is 2.46. The van der Waals surface area contributed by atoms with E-state index >= 15 is 0 Å². The standard InChI is InChI=1S/C20H32N2O4/c1-4-6-7-8-9-14-26-18-12-10-17(11-13-18)22-20(24)21-16(5-2)15-19(23)25-3/h10-13,16H,4-9,14-15H2,1-3H3,(H2,21,22,24). The van der Waals surface area contributed by atoms with Gasteiger partial charge < -0.3 is 20.1 Å². The zero-order valence-electron chi connectivity index (χ0n) is 16.2. The second-order valence-electron chi connectivity index (χ2n) is 6.27. The van der Waals surface area contributed by atoms with Gasteiger partial charge in [0, 0.05) is 11.7 Å². The van der Waals surface area contributed by atoms with E-state index in [-0.39, 0.29) is 24.5 Å². The van der Waals surface area contributed by atoms with Crippen LogP contribution in [0.3, 0.4) is 0 Å². The molecule has 6 heteroatoms. The second kappa shape index (κ2) is 13.0. The van der Waals surface area contributed by atoms with E-state index in [1.165, 1.54) is 32.8 Å². The van der Waals surface area contributed by atoms with Crippen molar-refractivity contribution >= 4 is 17.7 Å². The topological polar surface area (TPSA) is 76.7 Å². The molecule has 1 atom stereocenters. The van der Waals surface area contributed by atoms with Crippen LogP contribution in [0.2, 0.25) is 0 Å². The highest BCUT2D eigenvalue weighted by atomic mass is 16.5. The zero-order chi connectivity index (χ0) is 19.2. The number of unbranched alkanes of at least 4 members (excludes halogenated alkanes) is 4. The summed E-state index contributed by atoms with van der Waals surface area (Å²) in [7, 11) is 1.34. The molecule has 26 heavy (non-hydrogen) atoms. The second-order valence-corrected chi connectivity index (χ2v) is 6.27. The van der Waals surface area contributed by atoms with Gasteiger partial charge in [-0.3, -0.25) is 4.79 Å². The van der Waals surface area contributed by atoms with Crippen molar-refractivity contribution in [3.8, 4) is 5.75 Å². The summed E-state index contributed by atoms with van der Waals surface area (Å²) in [5.74, 6) is 0.455. The molecular weight excluding hydrogens is 332 g/mol. The molecule has 0 aliphatic rings. The monoisotopic (exact) mass is 364 g/mol. The Morgan fingerprint density at radius 1 is 1.04 bits per heavy atom. The molecule has 0 aliphatic carbocycles. The predicted octanol–water partition coefficient (Wildman–Crippen LogP) is 4.50. The summed E-state index contributed by atoms with van der Waals surface area (Å²) >= 11 is 0. The molecule has 6 nitrogen and oxygen atoms in total. The third kappa shape index (κ3) is 9.30. The summed E-state index contributed by atoms with van der Waals surface area (Å²) in [5.41, 5.74) is 0.672. The summed E-state index contributed by atoms with van der Waals surface area (Å²) in [6.07, 6.45) is 6.83. The van der Waals surface area contributed by atoms with Crippen LogP contribution in [-0.4, -0.2) is 31.8 Å². The Labute approximate surface area is 156 Å². The SMILES string of the molecule is CCCCCCCOc1ccc(NC(=O)NC(CC)CC(=O)OC)cc1. The minimum Gasteiger partial charge on any atom is -0.494 e. The quantitative estimate of drug-likeness (QED) is 0.423. The van der Waals surface area contributed by atoms with E-state index in [1.54, 1.807) is 12.1 Å². The number of methoxy groups -OCH3 is 1. The summed E-state index contributed by atoms with van der Waals surface area (Å²) < 4.78 is 10.3. The molecule has 146 valence electrons. The molecule has 0 bridgehead atoms. The average Bonchev–Trinajstić information content (AvgIpc) is 2.65. The van der Waals surface area contributed by atoms with Gasteiger partial charge in [-0.25, -0.2) is 4.79 Å². The molecule has 1 rings (SSSR count). The number of nitrogens with one attached hydrogen (secondary N) is 2. The molecule has 0 radical (unpaired) electrons. The molecular formula is C20H32N2O4. The molecule has 2 N–H and O–H groups in total. The molecule has 2 amide bonds. The van der Waals surface area contributed by atoms with Crippen LogP contribution in [-0.2, 0) is 9.53 Å². The van der Waals surface area contributed by atoms with E-state index in [9.17, 15) is 9.59 Å². The maximum atomic E-state index is 12.0. The fourth-order valence-electron chi connectivity index (χ4n) is 2.46. The van der Waals surface area contributed by atoms with Crippen molar-refractivity contribution in [3.63, 3.8) is 0 Å². The van der Waals surface area contributed by atoms with Crippen molar-refractivity contribution in [2.24, 2.45) is 0 Å². The predicted molar refractivity (Wildman–Crippen MR) is 104 cm³/mol. The molecule has 0 heterocycles. The van der Waals surface area contributed by atoms with Gasteiger partial charge in [0.25, 0.3) is 0 Å². The first-order chi connectivity index (χ1) is 12.6. The minimum atomic E-state index is -0.342. The zero-order valence-corrected chi connectivity index (χ0v) is 16.2. The molecule has 1 aromatic carbocycles. The van der Waals surface area contributed by atoms with Gasteiger partial charge >= 0.3 is 12.0 Å². The number of ether oxygens (including phenoxy) is 2. The Morgan fingerprint density at radius 3 is 2.35 bits per heavy atom. The number of amides is 2. The number of carbonyl (C=O) groups is 2. The van der Waals surface area contributed by atoms with Crippen LogP contribution in [0.15, 0.2) is 24.3 Å². The van der Waals surface area contributed by atoms with Gasteiger partial charge in [0.1, 0.15) is 5.75 Å². The van der Waals surface area contributed by atoms with Crippen LogP contribution < -0.4 is 15.4 Å². The molecule has 0 saturated heterocycles. The highest BCUT2D eigenvalue weighted by Gasteiger charge is 2.15. The highest BCUT2D eigenvalue weighted by molar-refractivity contribution is 5.89. The Balaban J connectivity index is 2.34. The van der Waals surface area contributed by atoms with E-state index < -0.39 is 0 Å². The molecule has 0 fully saturated rings. The lowest BCUT2D eigenvalue weighted by atomic mass is 10.1. The maximum absolute atomic E-state index is 12.0. The van der Waals surface area contributed by atoms with Crippen molar-refractivity contribution in [1.82, 2.24) is 5.32 Å². The van der Waals surface area contributed by atoms with Crippen LogP contribution in [0.1, 0.15) is 58.8 Å². The highest BCUT2D eigenvalue weighted by Crippen LogP contribution is 2.16. The first-order valence-electron chi connectivity index (χ1n) is 9.46. The van der Waals surface area contributed by atoms with Gasteiger partial charge in [0.2, 0.25) is 0 Å². The number of anilines is 1. The summed E-state index contributed by atoms with van der Waals surface area (Å²) in [4.78, 5) is 23.3. The Kier molecular flexibility index (Phi) is 10.9. The molecule has 1 aromatic rings. The van der Waals surface area contributed by atoms with Crippen molar-refractivity contribution in [3.05, 3.63) is 24.3 Å². The minimum absolute atomic E-state index is 0.158. The van der Waals surface area contributed by atoms with Crippen molar-refractivity contribution in [1.29, 1.82) is 0 Å². The molecule has 0 aromatic heterocycles. The number of benzene rings is 1. The van der Waals surface area contributed by atoms with Gasteiger partial charge in [0.15, 0.2) is 0 Å². The molecule has 0 saturated carbocycles. The lowest BCUT2D eigenvalue weighted by Crippen LogP contribution is -2.39. The van der Waals surface area contributed by atoms with Gasteiger partial charge in [-0.2, -0.15) is 0 Å². The lowest BCUT2D eigenvalue weighted by molar-refractivity contribution is -0.141. The maximum Gasteiger partial charge on any atom is 0.319 e. The van der Waals surface area contributed by atoms with Crippen LogP contribution in [0, 0.1) is 0 Å². The number of urea groups is 1.